The number of nitrogens with zero attached hydrogens (tertiary/aromatic N) is 1. The second kappa shape index (κ2) is 9.16. The average molecular weight is 463 g/mol. The van der Waals surface area contributed by atoms with Crippen molar-refractivity contribution in [3.63, 3.8) is 0 Å². The first kappa shape index (κ1) is 23.1. The Balaban J connectivity index is 1.38. The van der Waals surface area contributed by atoms with E-state index in [4.69, 9.17) is 0 Å². The zero-order valence-corrected chi connectivity index (χ0v) is 20.1. The van der Waals surface area contributed by atoms with E-state index >= 15 is 0 Å². The first-order valence-corrected chi connectivity index (χ1v) is 12.8. The van der Waals surface area contributed by atoms with E-state index in [-0.39, 0.29) is 29.0 Å². The van der Waals surface area contributed by atoms with Crippen molar-refractivity contribution >= 4 is 11.8 Å². The molecule has 1 atom stereocenters. The monoisotopic (exact) mass is 462 g/mol. The number of amides is 2. The highest BCUT2D eigenvalue weighted by molar-refractivity contribution is 5.88. The van der Waals surface area contributed by atoms with Crippen LogP contribution in [0.25, 0.3) is 0 Å². The standard InChI is InChI=1S/C29H35FN2O2/c1-21-5-9-23(10-6-21)29(13-3-2-4-14-29)27(34)32-17-15-28(16-18-32)19-26(33)31-20-25(28)22-7-11-24(30)12-8-22/h5-12,25H,2-4,13-20H2,1H3,(H,31,33). The molecular formula is C29H35FN2O2. The summed E-state index contributed by atoms with van der Waals surface area (Å²) in [4.78, 5) is 28.6. The highest BCUT2D eigenvalue weighted by atomic mass is 19.1. The topological polar surface area (TPSA) is 49.4 Å². The number of carbonyl (C=O) groups is 2. The predicted octanol–water partition coefficient (Wildman–Crippen LogP) is 5.25. The first-order chi connectivity index (χ1) is 16.4. The third-order valence-electron chi connectivity index (χ3n) is 8.79. The second-order valence-electron chi connectivity index (χ2n) is 10.7. The van der Waals surface area contributed by atoms with E-state index in [9.17, 15) is 14.0 Å². The molecule has 34 heavy (non-hydrogen) atoms. The third-order valence-corrected chi connectivity index (χ3v) is 8.79. The van der Waals surface area contributed by atoms with Gasteiger partial charge in [-0.1, -0.05) is 61.2 Å². The van der Waals surface area contributed by atoms with Crippen molar-refractivity contribution in [1.82, 2.24) is 10.2 Å². The van der Waals surface area contributed by atoms with Crippen LogP contribution in [0.5, 0.6) is 0 Å². The summed E-state index contributed by atoms with van der Waals surface area (Å²) in [5.41, 5.74) is 2.84. The van der Waals surface area contributed by atoms with Gasteiger partial charge in [-0.3, -0.25) is 9.59 Å². The minimum Gasteiger partial charge on any atom is -0.355 e. The Bertz CT molecular complexity index is 1030. The maximum atomic E-state index is 14.1. The van der Waals surface area contributed by atoms with Gasteiger partial charge in [-0.25, -0.2) is 4.39 Å². The Labute approximate surface area is 201 Å². The molecule has 1 N–H and O–H groups in total. The largest absolute Gasteiger partial charge is 0.355 e. The summed E-state index contributed by atoms with van der Waals surface area (Å²) in [6.07, 6.45) is 7.28. The van der Waals surface area contributed by atoms with E-state index in [1.807, 2.05) is 12.1 Å². The van der Waals surface area contributed by atoms with Crippen LogP contribution in [-0.4, -0.2) is 36.3 Å². The summed E-state index contributed by atoms with van der Waals surface area (Å²) < 4.78 is 13.6. The number of aryl methyl sites for hydroxylation is 1. The van der Waals surface area contributed by atoms with Crippen LogP contribution in [0, 0.1) is 18.2 Å². The van der Waals surface area contributed by atoms with E-state index in [1.165, 1.54) is 24.1 Å². The predicted molar refractivity (Wildman–Crippen MR) is 131 cm³/mol. The molecule has 3 fully saturated rings. The van der Waals surface area contributed by atoms with Crippen molar-refractivity contribution in [2.45, 2.75) is 69.6 Å². The lowest BCUT2D eigenvalue weighted by atomic mass is 9.62. The lowest BCUT2D eigenvalue weighted by Crippen LogP contribution is -2.56. The Hall–Kier alpha value is -2.69. The van der Waals surface area contributed by atoms with Crippen LogP contribution in [0.2, 0.25) is 0 Å². The molecule has 0 aromatic heterocycles. The molecule has 180 valence electrons. The molecule has 5 rings (SSSR count). The number of benzene rings is 2. The van der Waals surface area contributed by atoms with Gasteiger partial charge in [-0.05, 0) is 61.3 Å². The Morgan fingerprint density at radius 2 is 1.59 bits per heavy atom. The quantitative estimate of drug-likeness (QED) is 0.677. The van der Waals surface area contributed by atoms with Gasteiger partial charge in [0.2, 0.25) is 11.8 Å². The van der Waals surface area contributed by atoms with Gasteiger partial charge in [0.1, 0.15) is 5.82 Å². The first-order valence-electron chi connectivity index (χ1n) is 12.8. The van der Waals surface area contributed by atoms with E-state index in [1.54, 1.807) is 0 Å². The average Bonchev–Trinajstić information content (AvgIpc) is 2.86. The summed E-state index contributed by atoms with van der Waals surface area (Å²) in [5.74, 6) is 0.252. The molecule has 2 aromatic carbocycles. The SMILES string of the molecule is Cc1ccc(C2(C(=O)N3CCC4(CC3)CC(=O)NCC4c3ccc(F)cc3)CCCCC2)cc1. The molecule has 2 aromatic rings. The smallest absolute Gasteiger partial charge is 0.233 e. The van der Waals surface area contributed by atoms with E-state index in [2.05, 4.69) is 41.4 Å². The minimum absolute atomic E-state index is 0.0848. The maximum Gasteiger partial charge on any atom is 0.233 e. The molecular weight excluding hydrogens is 427 g/mol. The molecule has 3 aliphatic rings. The van der Waals surface area contributed by atoms with Gasteiger partial charge in [-0.15, -0.1) is 0 Å². The van der Waals surface area contributed by atoms with Crippen LogP contribution < -0.4 is 5.32 Å². The van der Waals surface area contributed by atoms with Crippen molar-refractivity contribution in [1.29, 1.82) is 0 Å². The number of carbonyl (C=O) groups excluding carboxylic acids is 2. The summed E-state index contributed by atoms with van der Waals surface area (Å²) in [6, 6.07) is 15.3. The fourth-order valence-corrected chi connectivity index (χ4v) is 6.74. The van der Waals surface area contributed by atoms with Gasteiger partial charge in [0.15, 0.2) is 0 Å². The van der Waals surface area contributed by atoms with Crippen molar-refractivity contribution in [2.75, 3.05) is 19.6 Å². The summed E-state index contributed by atoms with van der Waals surface area (Å²) >= 11 is 0. The molecule has 1 aliphatic carbocycles. The number of nitrogens with one attached hydrogen (secondary N) is 1. The summed E-state index contributed by atoms with van der Waals surface area (Å²) in [6.45, 7) is 4.02. The number of piperidine rings is 2. The van der Waals surface area contributed by atoms with E-state index in [0.717, 1.165) is 49.7 Å². The van der Waals surface area contributed by atoms with Gasteiger partial charge in [-0.2, -0.15) is 0 Å². The number of hydrogen-bond donors (Lipinski definition) is 1. The molecule has 1 spiro atoms. The van der Waals surface area contributed by atoms with Crippen molar-refractivity contribution in [2.24, 2.45) is 5.41 Å². The molecule has 1 saturated carbocycles. The van der Waals surface area contributed by atoms with Crippen molar-refractivity contribution in [3.8, 4) is 0 Å². The Morgan fingerprint density at radius 1 is 0.941 bits per heavy atom. The zero-order chi connectivity index (χ0) is 23.8. The number of halogens is 1. The third kappa shape index (κ3) is 4.14. The normalized spacial score (nSPS) is 24.0. The van der Waals surface area contributed by atoms with Crippen molar-refractivity contribution < 1.29 is 14.0 Å². The molecule has 5 heteroatoms. The number of hydrogen-bond acceptors (Lipinski definition) is 2. The van der Waals surface area contributed by atoms with Gasteiger partial charge in [0, 0.05) is 32.0 Å². The van der Waals surface area contributed by atoms with Crippen LogP contribution in [-0.2, 0) is 15.0 Å². The van der Waals surface area contributed by atoms with Gasteiger partial charge in [0.25, 0.3) is 0 Å². The molecule has 2 aliphatic heterocycles. The van der Waals surface area contributed by atoms with Gasteiger partial charge < -0.3 is 10.2 Å². The maximum absolute atomic E-state index is 14.1. The molecule has 2 heterocycles. The molecule has 2 saturated heterocycles. The van der Waals surface area contributed by atoms with E-state index < -0.39 is 5.41 Å². The second-order valence-corrected chi connectivity index (χ2v) is 10.7. The minimum atomic E-state index is -0.420. The molecule has 2 amide bonds. The molecule has 1 unspecified atom stereocenters. The highest BCUT2D eigenvalue weighted by Crippen LogP contribution is 2.50. The lowest BCUT2D eigenvalue weighted by Gasteiger charge is -2.50. The fourth-order valence-electron chi connectivity index (χ4n) is 6.74. The summed E-state index contributed by atoms with van der Waals surface area (Å²) in [7, 11) is 0. The van der Waals surface area contributed by atoms with Gasteiger partial charge >= 0.3 is 0 Å². The summed E-state index contributed by atoms with van der Waals surface area (Å²) in [5, 5.41) is 3.02. The molecule has 0 radical (unpaired) electrons. The van der Waals surface area contributed by atoms with Crippen molar-refractivity contribution in [3.05, 3.63) is 71.0 Å². The number of rotatable bonds is 3. The van der Waals surface area contributed by atoms with Crippen LogP contribution >= 0.6 is 0 Å². The lowest BCUT2D eigenvalue weighted by molar-refractivity contribution is -0.142. The van der Waals surface area contributed by atoms with Crippen LogP contribution in [0.1, 0.15) is 74.0 Å². The Kier molecular flexibility index (Phi) is 6.22. The van der Waals surface area contributed by atoms with Crippen LogP contribution in [0.3, 0.4) is 0 Å². The Morgan fingerprint density at radius 3 is 2.24 bits per heavy atom. The van der Waals surface area contributed by atoms with Gasteiger partial charge in [0.05, 0.1) is 5.41 Å². The van der Waals surface area contributed by atoms with E-state index in [0.29, 0.717) is 26.1 Å². The van der Waals surface area contributed by atoms with Crippen LogP contribution in [0.4, 0.5) is 4.39 Å². The highest BCUT2D eigenvalue weighted by Gasteiger charge is 2.49. The molecule has 4 nitrogen and oxygen atoms in total. The zero-order valence-electron chi connectivity index (χ0n) is 20.1. The fraction of sp³-hybridized carbons (Fsp3) is 0.517. The molecule has 0 bridgehead atoms. The number of likely N-dealkylation sites (tertiary alicyclic amines) is 1. The van der Waals surface area contributed by atoms with Crippen LogP contribution in [0.15, 0.2) is 48.5 Å².